The van der Waals surface area contributed by atoms with Crippen molar-refractivity contribution in [1.29, 1.82) is 0 Å². The van der Waals surface area contributed by atoms with Gasteiger partial charge in [-0.15, -0.1) is 5.12 Å². The van der Waals surface area contributed by atoms with Gasteiger partial charge in [0.15, 0.2) is 0 Å². The van der Waals surface area contributed by atoms with E-state index in [1.54, 1.807) is 27.7 Å². The van der Waals surface area contributed by atoms with Gasteiger partial charge in [-0.1, -0.05) is 0 Å². The zero-order chi connectivity index (χ0) is 15.1. The van der Waals surface area contributed by atoms with E-state index in [9.17, 15) is 14.4 Å². The number of amides is 3. The molecule has 0 saturated carbocycles. The van der Waals surface area contributed by atoms with Gasteiger partial charge in [-0.2, -0.15) is 0 Å². The Morgan fingerprint density at radius 1 is 1.11 bits per heavy atom. The van der Waals surface area contributed by atoms with Crippen LogP contribution < -0.4 is 10.9 Å². The van der Waals surface area contributed by atoms with Crippen LogP contribution in [0.25, 0.3) is 0 Å². The number of hydrogen-bond donors (Lipinski definition) is 2. The van der Waals surface area contributed by atoms with Crippen LogP contribution in [0.2, 0.25) is 0 Å². The van der Waals surface area contributed by atoms with Crippen LogP contribution in [0.1, 0.15) is 27.7 Å². The smallest absolute Gasteiger partial charge is 0.449 e. The second-order valence-corrected chi connectivity index (χ2v) is 4.25. The Hall–Kier alpha value is -2.19. The van der Waals surface area contributed by atoms with Crippen molar-refractivity contribution < 1.29 is 28.6 Å². The summed E-state index contributed by atoms with van der Waals surface area (Å²) in [6.07, 6.45) is -2.88. The molecule has 0 unspecified atom stereocenters. The highest BCUT2D eigenvalue weighted by Gasteiger charge is 2.26. The molecule has 0 saturated heterocycles. The molecule has 9 heteroatoms. The van der Waals surface area contributed by atoms with E-state index in [0.717, 1.165) is 7.11 Å². The molecule has 0 aliphatic rings. The van der Waals surface area contributed by atoms with Crippen molar-refractivity contribution in [3.8, 4) is 0 Å². The minimum atomic E-state index is -0.994. The van der Waals surface area contributed by atoms with Gasteiger partial charge in [0, 0.05) is 0 Å². The van der Waals surface area contributed by atoms with Crippen molar-refractivity contribution in [3.63, 3.8) is 0 Å². The maximum absolute atomic E-state index is 11.7. The molecule has 0 atom stereocenters. The minimum Gasteiger partial charge on any atom is -0.452 e. The first-order valence-corrected chi connectivity index (χ1v) is 5.50. The highest BCUT2D eigenvalue weighted by molar-refractivity contribution is 5.77. The maximum atomic E-state index is 11.7. The fourth-order valence-corrected chi connectivity index (χ4v) is 0.818. The van der Waals surface area contributed by atoms with Crippen molar-refractivity contribution in [3.05, 3.63) is 0 Å². The van der Waals surface area contributed by atoms with Crippen LogP contribution in [-0.2, 0) is 14.2 Å². The van der Waals surface area contributed by atoms with Gasteiger partial charge in [0.05, 0.1) is 13.7 Å². The number of hydrogen-bond acceptors (Lipinski definition) is 6. The first-order valence-electron chi connectivity index (χ1n) is 5.50. The van der Waals surface area contributed by atoms with Crippen LogP contribution in [0.4, 0.5) is 14.4 Å². The molecule has 0 aromatic rings. The molecule has 0 spiro atoms. The number of ether oxygens (including phenoxy) is 3. The van der Waals surface area contributed by atoms with Crippen molar-refractivity contribution in [2.24, 2.45) is 0 Å². The van der Waals surface area contributed by atoms with Gasteiger partial charge >= 0.3 is 18.3 Å². The average Bonchev–Trinajstić information content (AvgIpc) is 2.25. The fourth-order valence-electron chi connectivity index (χ4n) is 0.818. The number of methoxy groups -OCH3 is 1. The molecule has 0 rings (SSSR count). The standard InChI is InChI=1S/C10H19N3O6/c1-6-18-8(15)12-13(11-7(14)17-5)9(16)19-10(2,3)4/h6H2,1-5H3,(H,11,14)(H,12,15). The van der Waals surface area contributed by atoms with Crippen LogP contribution >= 0.6 is 0 Å². The van der Waals surface area contributed by atoms with E-state index in [1.807, 2.05) is 10.9 Å². The Bertz CT molecular complexity index is 339. The Kier molecular flexibility index (Phi) is 6.45. The zero-order valence-electron chi connectivity index (χ0n) is 11.6. The molecule has 0 bridgehead atoms. The minimum absolute atomic E-state index is 0.103. The number of nitrogens with one attached hydrogen (secondary N) is 2. The van der Waals surface area contributed by atoms with E-state index >= 15 is 0 Å². The molecular weight excluding hydrogens is 258 g/mol. The lowest BCUT2D eigenvalue weighted by atomic mass is 10.2. The number of carbonyl (C=O) groups is 3. The molecule has 19 heavy (non-hydrogen) atoms. The lowest BCUT2D eigenvalue weighted by Crippen LogP contribution is -2.57. The third-order valence-electron chi connectivity index (χ3n) is 1.44. The molecule has 0 heterocycles. The number of carbonyl (C=O) groups excluding carboxylic acids is 3. The normalized spacial score (nSPS) is 10.2. The maximum Gasteiger partial charge on any atom is 0.449 e. The second kappa shape index (κ2) is 7.29. The van der Waals surface area contributed by atoms with E-state index < -0.39 is 23.9 Å². The monoisotopic (exact) mass is 277 g/mol. The number of hydrazine groups is 2. The summed E-state index contributed by atoms with van der Waals surface area (Å²) in [7, 11) is 1.10. The molecule has 0 aliphatic heterocycles. The van der Waals surface area contributed by atoms with Crippen LogP contribution in [0.3, 0.4) is 0 Å². The Morgan fingerprint density at radius 2 is 1.63 bits per heavy atom. The van der Waals surface area contributed by atoms with Gasteiger partial charge in [0.2, 0.25) is 0 Å². The fraction of sp³-hybridized carbons (Fsp3) is 0.700. The van der Waals surface area contributed by atoms with E-state index in [-0.39, 0.29) is 6.61 Å². The number of nitrogens with zero attached hydrogens (tertiary/aromatic N) is 1. The summed E-state index contributed by atoms with van der Waals surface area (Å²) in [5.74, 6) is 0. The van der Waals surface area contributed by atoms with Gasteiger partial charge in [-0.3, -0.25) is 0 Å². The predicted molar refractivity (Wildman–Crippen MR) is 63.8 cm³/mol. The third kappa shape index (κ3) is 7.68. The molecular formula is C10H19N3O6. The summed E-state index contributed by atoms with van der Waals surface area (Å²) < 4.78 is 13.9. The van der Waals surface area contributed by atoms with Crippen LogP contribution in [-0.4, -0.2) is 42.7 Å². The van der Waals surface area contributed by atoms with Crippen molar-refractivity contribution in [1.82, 2.24) is 16.0 Å². The van der Waals surface area contributed by atoms with Gasteiger partial charge in [0.25, 0.3) is 0 Å². The van der Waals surface area contributed by atoms with Gasteiger partial charge in [-0.25, -0.2) is 25.2 Å². The van der Waals surface area contributed by atoms with Gasteiger partial charge in [0.1, 0.15) is 5.60 Å². The summed E-state index contributed by atoms with van der Waals surface area (Å²) in [5.41, 5.74) is 3.15. The molecule has 9 nitrogen and oxygen atoms in total. The highest BCUT2D eigenvalue weighted by Crippen LogP contribution is 2.08. The Morgan fingerprint density at radius 3 is 2.05 bits per heavy atom. The molecule has 0 fully saturated rings. The summed E-state index contributed by atoms with van der Waals surface area (Å²) in [6.45, 7) is 6.58. The van der Waals surface area contributed by atoms with Crippen LogP contribution in [0.5, 0.6) is 0 Å². The summed E-state index contributed by atoms with van der Waals surface area (Å²) in [5, 5.41) is 0.440. The summed E-state index contributed by atoms with van der Waals surface area (Å²) in [6, 6.07) is 0. The Labute approximate surface area is 111 Å². The molecule has 0 radical (unpaired) electrons. The first-order chi connectivity index (χ1) is 8.69. The highest BCUT2D eigenvalue weighted by atomic mass is 16.6. The molecule has 0 aromatic heterocycles. The Balaban J connectivity index is 4.70. The van der Waals surface area contributed by atoms with E-state index in [0.29, 0.717) is 5.12 Å². The zero-order valence-corrected chi connectivity index (χ0v) is 11.6. The van der Waals surface area contributed by atoms with E-state index in [4.69, 9.17) is 4.74 Å². The topological polar surface area (TPSA) is 106 Å². The average molecular weight is 277 g/mol. The predicted octanol–water partition coefficient (Wildman–Crippen LogP) is 1.16. The SMILES string of the molecule is CCOC(=O)NN(NC(=O)OC)C(=O)OC(C)(C)C. The molecule has 0 aliphatic carbocycles. The molecule has 2 N–H and O–H groups in total. The van der Waals surface area contributed by atoms with E-state index in [2.05, 4.69) is 9.47 Å². The quantitative estimate of drug-likeness (QED) is 0.550. The largest absolute Gasteiger partial charge is 0.452 e. The van der Waals surface area contributed by atoms with Crippen molar-refractivity contribution in [2.45, 2.75) is 33.3 Å². The van der Waals surface area contributed by atoms with E-state index in [1.165, 1.54) is 0 Å². The second-order valence-electron chi connectivity index (χ2n) is 4.25. The summed E-state index contributed by atoms with van der Waals surface area (Å²) >= 11 is 0. The molecule has 0 aromatic carbocycles. The number of rotatable bonds is 1. The van der Waals surface area contributed by atoms with Crippen LogP contribution in [0, 0.1) is 0 Å². The molecule has 3 amide bonds. The summed E-state index contributed by atoms with van der Waals surface area (Å²) in [4.78, 5) is 34.0. The van der Waals surface area contributed by atoms with Gasteiger partial charge in [-0.05, 0) is 27.7 Å². The van der Waals surface area contributed by atoms with Crippen LogP contribution in [0.15, 0.2) is 0 Å². The van der Waals surface area contributed by atoms with Crippen molar-refractivity contribution >= 4 is 18.3 Å². The lowest BCUT2D eigenvalue weighted by Gasteiger charge is -2.26. The van der Waals surface area contributed by atoms with Crippen molar-refractivity contribution in [2.75, 3.05) is 13.7 Å². The lowest BCUT2D eigenvalue weighted by molar-refractivity contribution is -0.00191. The molecule has 110 valence electrons. The third-order valence-corrected chi connectivity index (χ3v) is 1.44. The van der Waals surface area contributed by atoms with Gasteiger partial charge < -0.3 is 14.2 Å². The first kappa shape index (κ1) is 16.8.